The summed E-state index contributed by atoms with van der Waals surface area (Å²) in [6, 6.07) is 30.1. The molecule has 0 N–H and O–H groups in total. The second kappa shape index (κ2) is 14.2. The largest absolute Gasteiger partial charge is 0.458 e. The number of rotatable bonds is 12. The third kappa shape index (κ3) is 6.24. The molecule has 0 radical (unpaired) electrons. The Balaban J connectivity index is 1.35. The van der Waals surface area contributed by atoms with Gasteiger partial charge in [0, 0.05) is 17.3 Å². The molecule has 2 saturated carbocycles. The van der Waals surface area contributed by atoms with Gasteiger partial charge in [0.1, 0.15) is 6.10 Å². The van der Waals surface area contributed by atoms with E-state index >= 15 is 4.79 Å². The molecule has 1 aliphatic heterocycles. The highest BCUT2D eigenvalue weighted by atomic mass is 28.3. The van der Waals surface area contributed by atoms with E-state index < -0.39 is 25.5 Å². The van der Waals surface area contributed by atoms with E-state index in [2.05, 4.69) is 108 Å². The number of aromatic nitrogens is 3. The quantitative estimate of drug-likeness (QED) is 0.0827. The number of allylic oxidation sites excluding steroid dienone is 1. The van der Waals surface area contributed by atoms with E-state index in [1.807, 2.05) is 24.3 Å². The number of fused-ring (bicyclic) bond motifs is 3. The topological polar surface area (TPSA) is 75.2 Å². The van der Waals surface area contributed by atoms with Gasteiger partial charge < -0.3 is 4.74 Å². The van der Waals surface area contributed by atoms with Gasteiger partial charge >= 0.3 is 17.3 Å². The molecule has 7 rings (SSSR count). The molecule has 0 spiro atoms. The molecule has 2 aliphatic carbocycles. The first-order valence-corrected chi connectivity index (χ1v) is 23.4. The first-order valence-electron chi connectivity index (χ1n) is 19.8. The van der Waals surface area contributed by atoms with Crippen LogP contribution in [0.25, 0.3) is 5.69 Å². The van der Waals surface area contributed by atoms with Gasteiger partial charge in [-0.1, -0.05) is 152 Å². The molecule has 3 aliphatic rings. The Bertz CT molecular complexity index is 2040. The molecule has 2 fully saturated rings. The SMILES string of the molecule is CCCCCC[C@@H]1C=C(C(=O)O[C@@H]2[C@@H](C(c3ccccc3)c3ccccc3)[C@H]3CC[C@]2(C)C3(C)C)[C@H]([Si](C)(C)C)n2c(=O)n(-c3ccccc3)c(=O)n21. The van der Waals surface area contributed by atoms with E-state index in [0.29, 0.717) is 23.6 Å². The third-order valence-corrected chi connectivity index (χ3v) is 15.6. The van der Waals surface area contributed by atoms with Gasteiger partial charge in [0.25, 0.3) is 0 Å². The van der Waals surface area contributed by atoms with Crippen LogP contribution in [0, 0.1) is 22.7 Å². The average Bonchev–Trinajstić information content (AvgIpc) is 3.60. The number of esters is 1. The lowest BCUT2D eigenvalue weighted by molar-refractivity contribution is -0.156. The van der Waals surface area contributed by atoms with Crippen molar-refractivity contribution in [1.82, 2.24) is 13.9 Å². The van der Waals surface area contributed by atoms with E-state index in [1.165, 1.54) is 15.7 Å². The Morgan fingerprint density at radius 1 is 0.811 bits per heavy atom. The van der Waals surface area contributed by atoms with Crippen molar-refractivity contribution in [3.8, 4) is 5.69 Å². The van der Waals surface area contributed by atoms with Crippen molar-refractivity contribution >= 4 is 14.0 Å². The zero-order valence-corrected chi connectivity index (χ0v) is 33.6. The lowest BCUT2D eigenvalue weighted by Gasteiger charge is -2.43. The summed E-state index contributed by atoms with van der Waals surface area (Å²) < 4.78 is 11.6. The molecule has 8 heteroatoms. The predicted molar refractivity (Wildman–Crippen MR) is 215 cm³/mol. The Hall–Kier alpha value is -4.17. The van der Waals surface area contributed by atoms with Gasteiger partial charge in [0.15, 0.2) is 0 Å². The number of carbonyl (C=O) groups is 1. The van der Waals surface area contributed by atoms with Crippen molar-refractivity contribution in [1.29, 1.82) is 0 Å². The number of hydrogen-bond donors (Lipinski definition) is 0. The van der Waals surface area contributed by atoms with E-state index in [0.717, 1.165) is 38.5 Å². The van der Waals surface area contributed by atoms with Gasteiger partial charge in [-0.3, -0.25) is 0 Å². The molecule has 4 aromatic rings. The van der Waals surface area contributed by atoms with E-state index in [-0.39, 0.29) is 40.4 Å². The molecule has 2 bridgehead atoms. The molecule has 3 aromatic carbocycles. The summed E-state index contributed by atoms with van der Waals surface area (Å²) in [5.41, 5.74) is 1.92. The minimum absolute atomic E-state index is 0.0498. The highest BCUT2D eigenvalue weighted by molar-refractivity contribution is 6.77. The van der Waals surface area contributed by atoms with Crippen molar-refractivity contribution < 1.29 is 9.53 Å². The van der Waals surface area contributed by atoms with Crippen LogP contribution in [0.5, 0.6) is 0 Å². The number of carbonyl (C=O) groups excluding carboxylic acids is 1. The van der Waals surface area contributed by atoms with Crippen LogP contribution in [-0.2, 0) is 9.53 Å². The van der Waals surface area contributed by atoms with Crippen molar-refractivity contribution in [3.63, 3.8) is 0 Å². The Morgan fingerprint density at radius 3 is 1.94 bits per heavy atom. The molecule has 0 saturated heterocycles. The molecular formula is C45H57N3O4Si. The summed E-state index contributed by atoms with van der Waals surface area (Å²) in [5.74, 6) is 0.127. The maximum atomic E-state index is 15.2. The molecular weight excluding hydrogens is 675 g/mol. The second-order valence-electron chi connectivity index (χ2n) is 17.7. The average molecular weight is 732 g/mol. The van der Waals surface area contributed by atoms with Crippen LogP contribution in [-0.4, -0.2) is 34.1 Å². The summed E-state index contributed by atoms with van der Waals surface area (Å²) in [6.07, 6.45) is 8.52. The number of para-hydroxylation sites is 1. The summed E-state index contributed by atoms with van der Waals surface area (Å²) in [6.45, 7) is 15.8. The minimum atomic E-state index is -2.39. The molecule has 0 unspecified atom stereocenters. The van der Waals surface area contributed by atoms with Crippen LogP contribution < -0.4 is 11.4 Å². The summed E-state index contributed by atoms with van der Waals surface area (Å²) in [7, 11) is -2.39. The Labute approximate surface area is 315 Å². The van der Waals surface area contributed by atoms with Crippen LogP contribution in [0.4, 0.5) is 0 Å². The lowest BCUT2D eigenvalue weighted by Crippen LogP contribution is -2.50. The normalized spacial score (nSPS) is 26.0. The fraction of sp³-hybridized carbons (Fsp3) is 0.489. The number of nitrogens with zero attached hydrogens (tertiary/aromatic N) is 3. The van der Waals surface area contributed by atoms with Crippen molar-refractivity contribution in [2.45, 2.75) is 116 Å². The van der Waals surface area contributed by atoms with Gasteiger partial charge in [-0.15, -0.1) is 0 Å². The molecule has 1 aromatic heterocycles. The van der Waals surface area contributed by atoms with E-state index in [9.17, 15) is 9.59 Å². The smallest absolute Gasteiger partial charge is 0.352 e. The molecule has 7 nitrogen and oxygen atoms in total. The van der Waals surface area contributed by atoms with Crippen LogP contribution >= 0.6 is 0 Å². The van der Waals surface area contributed by atoms with Crippen LogP contribution in [0.15, 0.2) is 112 Å². The molecule has 280 valence electrons. The zero-order valence-electron chi connectivity index (χ0n) is 32.6. The van der Waals surface area contributed by atoms with E-state index in [4.69, 9.17) is 4.74 Å². The van der Waals surface area contributed by atoms with Gasteiger partial charge in [-0.05, 0) is 59.9 Å². The molecule has 2 heterocycles. The molecule has 6 atom stereocenters. The van der Waals surface area contributed by atoms with Crippen molar-refractivity contribution in [2.75, 3.05) is 0 Å². The van der Waals surface area contributed by atoms with Gasteiger partial charge in [0.05, 0.1) is 31.0 Å². The van der Waals surface area contributed by atoms with Gasteiger partial charge in [-0.25, -0.2) is 28.3 Å². The van der Waals surface area contributed by atoms with Crippen LogP contribution in [0.2, 0.25) is 19.6 Å². The first-order chi connectivity index (χ1) is 25.3. The fourth-order valence-electron chi connectivity index (χ4n) is 10.4. The standard InChI is InChI=1S/C45H57N3O4Si/c1-8-9-10-18-27-34-30-35(40(53(5,6)7)48-43(51)46(42(50)47(34)48)33-25-19-13-20-26-33)41(49)52-39-38(36-28-29-45(39,4)44(36,2)3)37(31-21-14-11-15-22-31)32-23-16-12-17-24-32/h11-17,19-26,30,34,36-40H,8-10,18,27-29H2,1-7H3/t34-,36-,38-,39-,40+,45+/m1/s1. The highest BCUT2D eigenvalue weighted by Crippen LogP contribution is 2.71. The van der Waals surface area contributed by atoms with Gasteiger partial charge in [-0.2, -0.15) is 0 Å². The van der Waals surface area contributed by atoms with E-state index in [1.54, 1.807) is 21.5 Å². The Morgan fingerprint density at radius 2 is 1.38 bits per heavy atom. The number of unbranched alkanes of at least 4 members (excludes halogenated alkanes) is 3. The first kappa shape index (κ1) is 37.2. The maximum Gasteiger partial charge on any atom is 0.352 e. The zero-order chi connectivity index (χ0) is 37.7. The number of benzene rings is 3. The lowest BCUT2D eigenvalue weighted by atomic mass is 9.68. The third-order valence-electron chi connectivity index (χ3n) is 13.4. The monoisotopic (exact) mass is 731 g/mol. The van der Waals surface area contributed by atoms with Crippen LogP contribution in [0.3, 0.4) is 0 Å². The number of ether oxygens (including phenoxy) is 1. The van der Waals surface area contributed by atoms with Gasteiger partial charge in [0.2, 0.25) is 0 Å². The van der Waals surface area contributed by atoms with Crippen LogP contribution in [0.1, 0.15) is 101 Å². The minimum Gasteiger partial charge on any atom is -0.458 e. The molecule has 0 amide bonds. The second-order valence-corrected chi connectivity index (χ2v) is 23.0. The maximum absolute atomic E-state index is 15.2. The predicted octanol–water partition coefficient (Wildman–Crippen LogP) is 9.49. The number of hydrogen-bond acceptors (Lipinski definition) is 4. The summed E-state index contributed by atoms with van der Waals surface area (Å²) in [5, 5.41) is 0. The summed E-state index contributed by atoms with van der Waals surface area (Å²) >= 11 is 0. The van der Waals surface area contributed by atoms with Crippen molar-refractivity contribution in [3.05, 3.63) is 135 Å². The Kier molecular flexibility index (Phi) is 9.98. The summed E-state index contributed by atoms with van der Waals surface area (Å²) in [4.78, 5) is 44.1. The fourth-order valence-corrected chi connectivity index (χ4v) is 12.6. The van der Waals surface area contributed by atoms with Crippen molar-refractivity contribution in [2.24, 2.45) is 22.7 Å². The molecule has 53 heavy (non-hydrogen) atoms. The highest BCUT2D eigenvalue weighted by Gasteiger charge is 2.69.